The Bertz CT molecular complexity index is 1130. The van der Waals surface area contributed by atoms with Crippen LogP contribution in [0.5, 0.6) is 5.75 Å². The van der Waals surface area contributed by atoms with Crippen LogP contribution >= 0.6 is 0 Å². The van der Waals surface area contributed by atoms with Crippen LogP contribution < -0.4 is 15.4 Å². The van der Waals surface area contributed by atoms with E-state index in [1.807, 2.05) is 0 Å². The number of ether oxygens (including phenoxy) is 2. The minimum atomic E-state index is -1.22. The summed E-state index contributed by atoms with van der Waals surface area (Å²) >= 11 is 0. The Hall–Kier alpha value is -4.08. The minimum absolute atomic E-state index is 0.149. The van der Waals surface area contributed by atoms with E-state index in [-0.39, 0.29) is 23.6 Å². The summed E-state index contributed by atoms with van der Waals surface area (Å²) < 4.78 is 50.5. The predicted molar refractivity (Wildman–Crippen MR) is 114 cm³/mol. The van der Waals surface area contributed by atoms with Crippen molar-refractivity contribution in [3.05, 3.63) is 89.2 Å². The van der Waals surface area contributed by atoms with Gasteiger partial charge in [-0.25, -0.2) is 22.8 Å². The van der Waals surface area contributed by atoms with Crippen LogP contribution in [0.2, 0.25) is 0 Å². The third-order valence-electron chi connectivity index (χ3n) is 4.49. The van der Waals surface area contributed by atoms with Gasteiger partial charge in [0.2, 0.25) is 6.86 Å². The van der Waals surface area contributed by atoms with Crippen LogP contribution in [0.25, 0.3) is 0 Å². The first kappa shape index (κ1) is 23.6. The molecule has 0 spiro atoms. The molecule has 2 aromatic carbocycles. The van der Waals surface area contributed by atoms with Gasteiger partial charge in [0, 0.05) is 11.9 Å². The van der Waals surface area contributed by atoms with E-state index in [1.165, 1.54) is 48.7 Å². The zero-order valence-corrected chi connectivity index (χ0v) is 17.5. The van der Waals surface area contributed by atoms with Gasteiger partial charge in [-0.05, 0) is 61.0 Å². The largest absolute Gasteiger partial charge is 0.462 e. The van der Waals surface area contributed by atoms with Crippen molar-refractivity contribution in [3.63, 3.8) is 0 Å². The molecule has 0 saturated carbocycles. The molecule has 10 heteroatoms. The summed E-state index contributed by atoms with van der Waals surface area (Å²) in [5.74, 6) is -2.43. The first-order chi connectivity index (χ1) is 15.9. The fourth-order valence-corrected chi connectivity index (χ4v) is 2.99. The van der Waals surface area contributed by atoms with Gasteiger partial charge >= 0.3 is 12.0 Å². The van der Waals surface area contributed by atoms with Gasteiger partial charge in [0.15, 0.2) is 11.6 Å². The molecule has 0 fully saturated rings. The summed E-state index contributed by atoms with van der Waals surface area (Å²) in [5, 5.41) is 5.10. The lowest BCUT2D eigenvalue weighted by Gasteiger charge is -2.20. The Morgan fingerprint density at radius 2 is 1.82 bits per heavy atom. The Kier molecular flexibility index (Phi) is 7.85. The lowest BCUT2D eigenvalue weighted by Crippen LogP contribution is -2.34. The molecule has 0 aliphatic rings. The minimum Gasteiger partial charge on any atom is -0.462 e. The average molecular weight is 459 g/mol. The van der Waals surface area contributed by atoms with Gasteiger partial charge in [0.1, 0.15) is 17.6 Å². The molecule has 0 saturated heterocycles. The Labute approximate surface area is 187 Å². The normalized spacial score (nSPS) is 11.4. The Morgan fingerprint density at radius 1 is 1.06 bits per heavy atom. The molecule has 0 radical (unpaired) electrons. The lowest BCUT2D eigenvalue weighted by molar-refractivity contribution is 0.0526. The maximum atomic E-state index is 14.4. The van der Waals surface area contributed by atoms with Gasteiger partial charge in [0.25, 0.3) is 0 Å². The number of rotatable bonds is 8. The highest BCUT2D eigenvalue weighted by molar-refractivity contribution is 5.92. The number of esters is 1. The predicted octanol–water partition coefficient (Wildman–Crippen LogP) is 4.75. The molecule has 2 N–H and O–H groups in total. The van der Waals surface area contributed by atoms with E-state index in [9.17, 15) is 22.8 Å². The highest BCUT2D eigenvalue weighted by Gasteiger charge is 2.23. The second-order valence-electron chi connectivity index (χ2n) is 6.64. The molecule has 172 valence electrons. The SMILES string of the molecule is CCOC(=O)c1ccc(NC(=O)N[C@@H](c2ccc(OCF)c(F)c2)c2ncccc2F)cc1. The average Bonchev–Trinajstić information content (AvgIpc) is 2.80. The van der Waals surface area contributed by atoms with E-state index in [4.69, 9.17) is 4.74 Å². The summed E-state index contributed by atoms with van der Waals surface area (Å²) in [7, 11) is 0. The van der Waals surface area contributed by atoms with Gasteiger partial charge in [-0.1, -0.05) is 6.07 Å². The molecule has 1 atom stereocenters. The Balaban J connectivity index is 1.82. The number of nitrogens with one attached hydrogen (secondary N) is 2. The van der Waals surface area contributed by atoms with Crippen molar-refractivity contribution in [2.24, 2.45) is 0 Å². The van der Waals surface area contributed by atoms with Crippen LogP contribution in [0.3, 0.4) is 0 Å². The highest BCUT2D eigenvalue weighted by Crippen LogP contribution is 2.27. The first-order valence-electron chi connectivity index (χ1n) is 9.86. The molecule has 1 heterocycles. The molecule has 0 unspecified atom stereocenters. The molecule has 7 nitrogen and oxygen atoms in total. The van der Waals surface area contributed by atoms with Crippen LogP contribution in [-0.4, -0.2) is 30.5 Å². The Morgan fingerprint density at radius 3 is 2.45 bits per heavy atom. The van der Waals surface area contributed by atoms with Crippen molar-refractivity contribution in [2.75, 3.05) is 18.8 Å². The second-order valence-corrected chi connectivity index (χ2v) is 6.64. The lowest BCUT2D eigenvalue weighted by atomic mass is 10.0. The van der Waals surface area contributed by atoms with Gasteiger partial charge in [-0.15, -0.1) is 0 Å². The molecule has 0 bridgehead atoms. The third-order valence-corrected chi connectivity index (χ3v) is 4.49. The summed E-state index contributed by atoms with van der Waals surface area (Å²) in [6, 6.07) is 10.1. The number of hydrogen-bond donors (Lipinski definition) is 2. The zero-order valence-electron chi connectivity index (χ0n) is 17.5. The van der Waals surface area contributed by atoms with Gasteiger partial charge < -0.3 is 20.1 Å². The zero-order chi connectivity index (χ0) is 23.8. The van der Waals surface area contributed by atoms with Crippen molar-refractivity contribution in [1.29, 1.82) is 0 Å². The molecule has 0 aliphatic heterocycles. The molecular weight excluding hydrogens is 439 g/mol. The van der Waals surface area contributed by atoms with Crippen molar-refractivity contribution in [2.45, 2.75) is 13.0 Å². The van der Waals surface area contributed by atoms with Crippen LogP contribution in [0.15, 0.2) is 60.8 Å². The number of benzene rings is 2. The number of hydrogen-bond acceptors (Lipinski definition) is 5. The topological polar surface area (TPSA) is 89.5 Å². The van der Waals surface area contributed by atoms with Gasteiger partial charge in [0.05, 0.1) is 12.2 Å². The summed E-state index contributed by atoms with van der Waals surface area (Å²) in [5.41, 5.74) is 0.661. The molecule has 33 heavy (non-hydrogen) atoms. The third kappa shape index (κ3) is 6.00. The molecular formula is C23H20F3N3O4. The van der Waals surface area contributed by atoms with Crippen molar-refractivity contribution in [1.82, 2.24) is 10.3 Å². The van der Waals surface area contributed by atoms with Crippen LogP contribution in [0, 0.1) is 11.6 Å². The standard InChI is InChI=1S/C23H20F3N3O4/c1-2-32-22(30)14-5-8-16(9-6-14)28-23(31)29-20(21-17(25)4-3-11-27-21)15-7-10-19(33-13-24)18(26)12-15/h3-12,20H,2,13H2,1H3,(H2,28,29,31)/t20-/m0/s1. The smallest absolute Gasteiger partial charge is 0.338 e. The number of amides is 2. The van der Waals surface area contributed by atoms with E-state index < -0.39 is 36.5 Å². The monoisotopic (exact) mass is 459 g/mol. The highest BCUT2D eigenvalue weighted by atomic mass is 19.1. The molecule has 0 aliphatic carbocycles. The summed E-state index contributed by atoms with van der Waals surface area (Å²) in [4.78, 5) is 28.3. The quantitative estimate of drug-likeness (QED) is 0.475. The van der Waals surface area contributed by atoms with E-state index >= 15 is 0 Å². The number of carbonyl (C=O) groups excluding carboxylic acids is 2. The van der Waals surface area contributed by atoms with Crippen molar-refractivity contribution in [3.8, 4) is 5.75 Å². The molecule has 3 rings (SSSR count). The van der Waals surface area contributed by atoms with E-state index in [1.54, 1.807) is 6.92 Å². The number of pyridine rings is 1. The summed E-state index contributed by atoms with van der Waals surface area (Å²) in [6.45, 7) is 0.699. The van der Waals surface area contributed by atoms with Gasteiger partial charge in [-0.2, -0.15) is 0 Å². The maximum Gasteiger partial charge on any atom is 0.338 e. The van der Waals surface area contributed by atoms with Crippen LogP contribution in [0.1, 0.15) is 34.6 Å². The number of aromatic nitrogens is 1. The second kappa shape index (κ2) is 11.0. The maximum absolute atomic E-state index is 14.4. The molecule has 1 aromatic heterocycles. The summed E-state index contributed by atoms with van der Waals surface area (Å²) in [6.07, 6.45) is 1.33. The number of anilines is 1. The van der Waals surface area contributed by atoms with E-state index in [0.29, 0.717) is 11.3 Å². The number of halogens is 3. The number of alkyl halides is 1. The number of carbonyl (C=O) groups is 2. The first-order valence-corrected chi connectivity index (χ1v) is 9.86. The van der Waals surface area contributed by atoms with Crippen LogP contribution in [0.4, 0.5) is 23.7 Å². The number of nitrogens with zero attached hydrogens (tertiary/aromatic N) is 1. The van der Waals surface area contributed by atoms with Crippen molar-refractivity contribution >= 4 is 17.7 Å². The molecule has 3 aromatic rings. The van der Waals surface area contributed by atoms with E-state index in [0.717, 1.165) is 12.1 Å². The fraction of sp³-hybridized carbons (Fsp3) is 0.174. The van der Waals surface area contributed by atoms with Crippen LogP contribution in [-0.2, 0) is 4.74 Å². The van der Waals surface area contributed by atoms with Crippen molar-refractivity contribution < 1.29 is 32.2 Å². The molecule has 2 amide bonds. The van der Waals surface area contributed by atoms with E-state index in [2.05, 4.69) is 20.4 Å². The number of urea groups is 1. The van der Waals surface area contributed by atoms with Gasteiger partial charge in [-0.3, -0.25) is 4.98 Å². The fourth-order valence-electron chi connectivity index (χ4n) is 2.99.